The van der Waals surface area contributed by atoms with Crippen molar-refractivity contribution in [3.8, 4) is 5.75 Å². The van der Waals surface area contributed by atoms with Crippen molar-refractivity contribution >= 4 is 23.6 Å². The number of amides is 2. The van der Waals surface area contributed by atoms with E-state index in [9.17, 15) is 9.59 Å². The number of likely N-dealkylation sites (tertiary alicyclic amines) is 1. The van der Waals surface area contributed by atoms with Gasteiger partial charge in [-0.05, 0) is 69.9 Å². The summed E-state index contributed by atoms with van der Waals surface area (Å²) < 4.78 is 29.3. The quantitative estimate of drug-likeness (QED) is 0.552. The molecular weight excluding hydrogens is 513 g/mol. The van der Waals surface area contributed by atoms with E-state index in [4.69, 9.17) is 21.1 Å². The monoisotopic (exact) mass is 545 g/mol. The molecule has 1 saturated heterocycles. The predicted molar refractivity (Wildman–Crippen MR) is 136 cm³/mol. The summed E-state index contributed by atoms with van der Waals surface area (Å²) in [5.41, 5.74) is 2.24. The summed E-state index contributed by atoms with van der Waals surface area (Å²) >= 11 is 6.56. The maximum absolute atomic E-state index is 15.6. The van der Waals surface area contributed by atoms with Crippen LogP contribution in [0.1, 0.15) is 75.0 Å². The minimum atomic E-state index is -0.711. The fraction of sp³-hybridized carbons (Fsp3) is 0.630. The largest absolute Gasteiger partial charge is 0.484 e. The summed E-state index contributed by atoms with van der Waals surface area (Å²) in [4.78, 5) is 29.8. The number of rotatable bonds is 5. The number of carbonyl (C=O) groups excluding carboxylic acids is 2. The second kappa shape index (κ2) is 9.10. The van der Waals surface area contributed by atoms with Gasteiger partial charge in [-0.15, -0.1) is 5.10 Å². The Kier molecular flexibility index (Phi) is 6.09. The maximum atomic E-state index is 15.6. The number of fused-ring (bicyclic) bond motifs is 2. The van der Waals surface area contributed by atoms with E-state index in [1.54, 1.807) is 30.6 Å². The first-order valence-corrected chi connectivity index (χ1v) is 13.7. The molecule has 0 N–H and O–H groups in total. The van der Waals surface area contributed by atoms with E-state index in [2.05, 4.69) is 10.3 Å². The number of hydrogen-bond acceptors (Lipinski definition) is 6. The molecule has 1 aromatic carbocycles. The zero-order valence-corrected chi connectivity index (χ0v) is 22.8. The number of halogens is 2. The zero-order valence-electron chi connectivity index (χ0n) is 22.1. The molecule has 4 heterocycles. The van der Waals surface area contributed by atoms with Gasteiger partial charge in [0.05, 0.1) is 11.7 Å². The molecule has 1 saturated carbocycles. The highest BCUT2D eigenvalue weighted by Gasteiger charge is 2.52. The van der Waals surface area contributed by atoms with Crippen LogP contribution in [0.3, 0.4) is 0 Å². The first-order chi connectivity index (χ1) is 18.0. The van der Waals surface area contributed by atoms with Gasteiger partial charge >= 0.3 is 6.09 Å². The van der Waals surface area contributed by atoms with Crippen molar-refractivity contribution in [3.63, 3.8) is 0 Å². The van der Waals surface area contributed by atoms with Gasteiger partial charge in [0.15, 0.2) is 11.6 Å². The van der Waals surface area contributed by atoms with E-state index in [1.807, 2.05) is 4.68 Å². The molecule has 3 aliphatic heterocycles. The normalized spacial score (nSPS) is 21.6. The molecule has 4 aliphatic rings. The second-order valence-electron chi connectivity index (χ2n) is 12.1. The standard InChI is InChI=1S/C27H33ClFN5O4/c1-26(2,3)38-25(36)33-10-6-16-17(28)11-18(29)24(37-14-19-20-5-4-9-34(20)31-30-19)23(16)21(33)13-32-15-27(7-8-27)12-22(32)35/h11,21H,4-10,12-15H2,1-3H3/t21-/m1/s1. The first-order valence-electron chi connectivity index (χ1n) is 13.4. The van der Waals surface area contributed by atoms with Gasteiger partial charge in [0.1, 0.15) is 17.9 Å². The molecule has 2 aromatic rings. The van der Waals surface area contributed by atoms with Crippen LogP contribution in [-0.2, 0) is 35.5 Å². The Morgan fingerprint density at radius 1 is 1.26 bits per heavy atom. The van der Waals surface area contributed by atoms with Crippen molar-refractivity contribution in [2.75, 3.05) is 19.6 Å². The Bertz CT molecular complexity index is 1300. The number of benzene rings is 1. The lowest BCUT2D eigenvalue weighted by molar-refractivity contribution is -0.128. The van der Waals surface area contributed by atoms with Gasteiger partial charge in [-0.1, -0.05) is 16.8 Å². The summed E-state index contributed by atoms with van der Waals surface area (Å²) in [5, 5.41) is 8.69. The van der Waals surface area contributed by atoms with E-state index in [1.165, 1.54) is 6.07 Å². The minimum absolute atomic E-state index is 0.0372. The molecule has 11 heteroatoms. The van der Waals surface area contributed by atoms with E-state index >= 15 is 4.39 Å². The van der Waals surface area contributed by atoms with Crippen LogP contribution in [0.25, 0.3) is 0 Å². The van der Waals surface area contributed by atoms with Gasteiger partial charge < -0.3 is 14.4 Å². The highest BCUT2D eigenvalue weighted by atomic mass is 35.5. The molecule has 9 nitrogen and oxygen atoms in total. The average molecular weight is 546 g/mol. The molecular formula is C27H33ClFN5O4. The Labute approximate surface area is 226 Å². The van der Waals surface area contributed by atoms with Crippen LogP contribution in [-0.4, -0.2) is 62.0 Å². The van der Waals surface area contributed by atoms with Crippen molar-refractivity contribution in [2.24, 2.45) is 5.41 Å². The molecule has 6 rings (SSSR count). The van der Waals surface area contributed by atoms with Gasteiger partial charge in [-0.3, -0.25) is 9.69 Å². The van der Waals surface area contributed by atoms with E-state index in [0.29, 0.717) is 37.2 Å². The van der Waals surface area contributed by atoms with Crippen LogP contribution in [0.15, 0.2) is 6.07 Å². The lowest BCUT2D eigenvalue weighted by Gasteiger charge is -2.40. The van der Waals surface area contributed by atoms with Crippen molar-refractivity contribution in [1.82, 2.24) is 24.8 Å². The topological polar surface area (TPSA) is 89.8 Å². The summed E-state index contributed by atoms with van der Waals surface area (Å²) in [6.07, 6.45) is 4.32. The summed E-state index contributed by atoms with van der Waals surface area (Å²) in [5.74, 6) is -0.515. The summed E-state index contributed by atoms with van der Waals surface area (Å²) in [6, 6.07) is 0.604. The third-order valence-corrected chi connectivity index (χ3v) is 8.42. The number of carbonyl (C=O) groups is 2. The van der Waals surface area contributed by atoms with Crippen molar-refractivity contribution in [2.45, 2.75) is 84.1 Å². The fourth-order valence-electron chi connectivity index (χ4n) is 6.02. The molecule has 204 valence electrons. The molecule has 0 bridgehead atoms. The SMILES string of the molecule is CC(C)(C)OC(=O)N1CCc2c(Cl)cc(F)c(OCc3nnn4c3CCC4)c2[C@H]1CN1CC2(CC2)CC1=O. The molecule has 2 fully saturated rings. The predicted octanol–water partition coefficient (Wildman–Crippen LogP) is 4.44. The van der Waals surface area contributed by atoms with Gasteiger partial charge in [0, 0.05) is 43.2 Å². The molecule has 38 heavy (non-hydrogen) atoms. The number of hydrogen-bond donors (Lipinski definition) is 0. The number of aryl methyl sites for hydroxylation is 1. The van der Waals surface area contributed by atoms with Gasteiger partial charge in [0.2, 0.25) is 5.91 Å². The van der Waals surface area contributed by atoms with Crippen LogP contribution in [0.5, 0.6) is 5.75 Å². The molecule has 1 atom stereocenters. The van der Waals surface area contributed by atoms with Gasteiger partial charge in [-0.2, -0.15) is 0 Å². The van der Waals surface area contributed by atoms with E-state index in [-0.39, 0.29) is 35.2 Å². The third kappa shape index (κ3) is 4.61. The summed E-state index contributed by atoms with van der Waals surface area (Å²) in [7, 11) is 0. The Morgan fingerprint density at radius 3 is 2.76 bits per heavy atom. The molecule has 1 aliphatic carbocycles. The zero-order chi connectivity index (χ0) is 26.8. The minimum Gasteiger partial charge on any atom is -0.484 e. The molecule has 0 unspecified atom stereocenters. The second-order valence-corrected chi connectivity index (χ2v) is 12.5. The molecule has 1 aromatic heterocycles. The molecule has 2 amide bonds. The smallest absolute Gasteiger partial charge is 0.410 e. The summed E-state index contributed by atoms with van der Waals surface area (Å²) in [6.45, 7) is 7.48. The van der Waals surface area contributed by atoms with Gasteiger partial charge in [0.25, 0.3) is 0 Å². The van der Waals surface area contributed by atoms with Crippen LogP contribution < -0.4 is 4.74 Å². The fourth-order valence-corrected chi connectivity index (χ4v) is 6.32. The van der Waals surface area contributed by atoms with Crippen molar-refractivity contribution in [1.29, 1.82) is 0 Å². The van der Waals surface area contributed by atoms with Crippen LogP contribution >= 0.6 is 11.6 Å². The van der Waals surface area contributed by atoms with Crippen LogP contribution in [0, 0.1) is 11.2 Å². The first kappa shape index (κ1) is 25.4. The van der Waals surface area contributed by atoms with Crippen molar-refractivity contribution < 1.29 is 23.5 Å². The lowest BCUT2D eigenvalue weighted by Crippen LogP contribution is -2.47. The van der Waals surface area contributed by atoms with E-state index < -0.39 is 23.6 Å². The third-order valence-electron chi connectivity index (χ3n) is 8.08. The number of nitrogens with zero attached hydrogens (tertiary/aromatic N) is 5. The molecule has 1 spiro atoms. The Hall–Kier alpha value is -2.88. The lowest BCUT2D eigenvalue weighted by atomic mass is 9.91. The van der Waals surface area contributed by atoms with Crippen LogP contribution in [0.4, 0.5) is 9.18 Å². The number of aromatic nitrogens is 3. The highest BCUT2D eigenvalue weighted by Crippen LogP contribution is 2.54. The van der Waals surface area contributed by atoms with Gasteiger partial charge in [-0.25, -0.2) is 13.9 Å². The van der Waals surface area contributed by atoms with E-state index in [0.717, 1.165) is 43.5 Å². The highest BCUT2D eigenvalue weighted by molar-refractivity contribution is 6.31. The average Bonchev–Trinajstić information content (AvgIpc) is 3.14. The maximum Gasteiger partial charge on any atom is 0.410 e. The molecule has 0 radical (unpaired) electrons. The van der Waals surface area contributed by atoms with Crippen LogP contribution in [0.2, 0.25) is 5.02 Å². The number of ether oxygens (including phenoxy) is 2. The van der Waals surface area contributed by atoms with Crippen molar-refractivity contribution in [3.05, 3.63) is 39.4 Å². The Morgan fingerprint density at radius 2 is 2.05 bits per heavy atom. The Balaban J connectivity index is 1.37.